The van der Waals surface area contributed by atoms with E-state index in [1.165, 1.54) is 6.07 Å². The minimum atomic E-state index is -0.752. The molecule has 0 aliphatic heterocycles. The van der Waals surface area contributed by atoms with Crippen LogP contribution in [0.5, 0.6) is 0 Å². The second-order valence-corrected chi connectivity index (χ2v) is 5.52. The van der Waals surface area contributed by atoms with E-state index in [4.69, 9.17) is 0 Å². The van der Waals surface area contributed by atoms with Crippen molar-refractivity contribution in [1.82, 2.24) is 9.97 Å². The number of hydrogen-bond acceptors (Lipinski definition) is 2. The van der Waals surface area contributed by atoms with Crippen molar-refractivity contribution in [3.63, 3.8) is 0 Å². The molecule has 3 rings (SSSR count). The largest absolute Gasteiger partial charge is 0.326 e. The summed E-state index contributed by atoms with van der Waals surface area (Å²) in [7, 11) is 0. The van der Waals surface area contributed by atoms with Crippen molar-refractivity contribution in [3.8, 4) is 0 Å². The van der Waals surface area contributed by atoms with E-state index in [9.17, 15) is 14.0 Å². The molecule has 3 aromatic rings. The Morgan fingerprint density at radius 2 is 1.77 bits per heavy atom. The first kappa shape index (κ1) is 14.5. The first-order valence-electron chi connectivity index (χ1n) is 6.43. The number of benzene rings is 2. The SMILES string of the molecule is O=c1[nH]c(=O)c2c(F)c(/C=C/c3ccccc3)c(Br)cc2[nH]1. The van der Waals surface area contributed by atoms with Crippen LogP contribution in [0.4, 0.5) is 4.39 Å². The van der Waals surface area contributed by atoms with E-state index in [1.54, 1.807) is 12.2 Å². The molecule has 4 nitrogen and oxygen atoms in total. The van der Waals surface area contributed by atoms with Crippen LogP contribution in [0.15, 0.2) is 50.5 Å². The molecule has 0 bridgehead atoms. The van der Waals surface area contributed by atoms with Crippen LogP contribution in [-0.4, -0.2) is 9.97 Å². The zero-order valence-electron chi connectivity index (χ0n) is 11.2. The number of fused-ring (bicyclic) bond motifs is 1. The van der Waals surface area contributed by atoms with Crippen LogP contribution in [0, 0.1) is 5.82 Å². The Morgan fingerprint density at radius 3 is 2.50 bits per heavy atom. The Kier molecular flexibility index (Phi) is 3.77. The lowest BCUT2D eigenvalue weighted by Crippen LogP contribution is -2.23. The minimum Gasteiger partial charge on any atom is -0.307 e. The van der Waals surface area contributed by atoms with E-state index >= 15 is 0 Å². The summed E-state index contributed by atoms with van der Waals surface area (Å²) in [4.78, 5) is 27.5. The summed E-state index contributed by atoms with van der Waals surface area (Å²) in [6, 6.07) is 10.9. The van der Waals surface area contributed by atoms with Crippen LogP contribution in [-0.2, 0) is 0 Å². The van der Waals surface area contributed by atoms with Gasteiger partial charge in [0.15, 0.2) is 0 Å². The van der Waals surface area contributed by atoms with Gasteiger partial charge in [0.25, 0.3) is 5.56 Å². The number of H-pyrrole nitrogens is 2. The van der Waals surface area contributed by atoms with Gasteiger partial charge in [-0.2, -0.15) is 0 Å². The number of nitrogens with one attached hydrogen (secondary N) is 2. The van der Waals surface area contributed by atoms with Crippen molar-refractivity contribution in [2.24, 2.45) is 0 Å². The molecule has 1 aromatic heterocycles. The van der Waals surface area contributed by atoms with E-state index in [1.807, 2.05) is 35.3 Å². The Hall–Kier alpha value is -2.47. The fourth-order valence-corrected chi connectivity index (χ4v) is 2.71. The van der Waals surface area contributed by atoms with Gasteiger partial charge in [0.2, 0.25) is 0 Å². The van der Waals surface area contributed by atoms with Crippen molar-refractivity contribution in [2.75, 3.05) is 0 Å². The number of halogens is 2. The molecule has 1 heterocycles. The first-order chi connectivity index (χ1) is 10.6. The van der Waals surface area contributed by atoms with E-state index in [2.05, 4.69) is 20.9 Å². The van der Waals surface area contributed by atoms with Crippen molar-refractivity contribution in [3.05, 3.63) is 78.7 Å². The normalized spacial score (nSPS) is 11.4. The maximum Gasteiger partial charge on any atom is 0.326 e. The lowest BCUT2D eigenvalue weighted by atomic mass is 10.1. The molecule has 0 saturated carbocycles. The molecule has 2 N–H and O–H groups in total. The smallest absolute Gasteiger partial charge is 0.307 e. The molecule has 0 atom stereocenters. The van der Waals surface area contributed by atoms with Crippen molar-refractivity contribution >= 4 is 39.0 Å². The molecule has 22 heavy (non-hydrogen) atoms. The van der Waals surface area contributed by atoms with Gasteiger partial charge in [-0.3, -0.25) is 9.78 Å². The Morgan fingerprint density at radius 1 is 1.05 bits per heavy atom. The number of hydrogen-bond donors (Lipinski definition) is 2. The summed E-state index contributed by atoms with van der Waals surface area (Å²) in [5, 5.41) is -0.171. The van der Waals surface area contributed by atoms with E-state index in [-0.39, 0.29) is 16.5 Å². The summed E-state index contributed by atoms with van der Waals surface area (Å²) in [6.07, 6.45) is 3.33. The Labute approximate surface area is 132 Å². The van der Waals surface area contributed by atoms with Gasteiger partial charge in [0, 0.05) is 10.0 Å². The molecule has 2 aromatic carbocycles. The van der Waals surface area contributed by atoms with Gasteiger partial charge in [-0.1, -0.05) is 42.5 Å². The first-order valence-corrected chi connectivity index (χ1v) is 7.23. The average Bonchev–Trinajstić information content (AvgIpc) is 2.47. The number of aromatic nitrogens is 2. The van der Waals surface area contributed by atoms with Crippen LogP contribution < -0.4 is 11.2 Å². The maximum atomic E-state index is 14.6. The highest BCUT2D eigenvalue weighted by Gasteiger charge is 2.13. The molecule has 110 valence electrons. The molecule has 0 radical (unpaired) electrons. The third kappa shape index (κ3) is 2.65. The fraction of sp³-hybridized carbons (Fsp3) is 0. The van der Waals surface area contributed by atoms with Gasteiger partial charge in [-0.05, 0) is 27.6 Å². The lowest BCUT2D eigenvalue weighted by Gasteiger charge is -2.05. The summed E-state index contributed by atoms with van der Waals surface area (Å²) < 4.78 is 15.1. The van der Waals surface area contributed by atoms with Gasteiger partial charge in [-0.15, -0.1) is 0 Å². The highest BCUT2D eigenvalue weighted by atomic mass is 79.9. The Balaban J connectivity index is 2.21. The highest BCUT2D eigenvalue weighted by molar-refractivity contribution is 9.10. The third-order valence-electron chi connectivity index (χ3n) is 3.20. The van der Waals surface area contributed by atoms with Gasteiger partial charge < -0.3 is 4.98 Å². The van der Waals surface area contributed by atoms with Gasteiger partial charge in [-0.25, -0.2) is 9.18 Å². The highest BCUT2D eigenvalue weighted by Crippen LogP contribution is 2.27. The molecular formula is C16H10BrFN2O2. The molecule has 0 unspecified atom stereocenters. The lowest BCUT2D eigenvalue weighted by molar-refractivity contribution is 0.634. The maximum absolute atomic E-state index is 14.6. The van der Waals surface area contributed by atoms with Crippen molar-refractivity contribution in [1.29, 1.82) is 0 Å². The van der Waals surface area contributed by atoms with E-state index in [0.717, 1.165) is 5.56 Å². The second-order valence-electron chi connectivity index (χ2n) is 4.66. The second kappa shape index (κ2) is 5.73. The third-order valence-corrected chi connectivity index (χ3v) is 3.85. The van der Waals surface area contributed by atoms with E-state index in [0.29, 0.717) is 4.47 Å². The predicted molar refractivity (Wildman–Crippen MR) is 88.2 cm³/mol. The van der Waals surface area contributed by atoms with Crippen LogP contribution in [0.3, 0.4) is 0 Å². The summed E-state index contributed by atoms with van der Waals surface area (Å²) in [6.45, 7) is 0. The zero-order chi connectivity index (χ0) is 15.7. The Bertz CT molecular complexity index is 991. The number of rotatable bonds is 2. The molecule has 0 saturated heterocycles. The fourth-order valence-electron chi connectivity index (χ4n) is 2.17. The van der Waals surface area contributed by atoms with Gasteiger partial charge in [0.05, 0.1) is 10.9 Å². The molecule has 0 fully saturated rings. The zero-order valence-corrected chi connectivity index (χ0v) is 12.8. The van der Waals surface area contributed by atoms with Crippen molar-refractivity contribution in [2.45, 2.75) is 0 Å². The van der Waals surface area contributed by atoms with Crippen LogP contribution >= 0.6 is 15.9 Å². The van der Waals surface area contributed by atoms with Crippen LogP contribution in [0.2, 0.25) is 0 Å². The van der Waals surface area contributed by atoms with Crippen LogP contribution in [0.1, 0.15) is 11.1 Å². The molecule has 0 aliphatic carbocycles. The summed E-state index contributed by atoms with van der Waals surface area (Å²) in [5.74, 6) is -0.686. The number of aromatic amines is 2. The average molecular weight is 361 g/mol. The minimum absolute atomic E-state index is 0.148. The topological polar surface area (TPSA) is 65.7 Å². The molecular weight excluding hydrogens is 351 g/mol. The summed E-state index contributed by atoms with van der Waals surface area (Å²) in [5.41, 5.74) is -0.123. The van der Waals surface area contributed by atoms with Gasteiger partial charge >= 0.3 is 5.69 Å². The standard InChI is InChI=1S/C16H10BrFN2O2/c17-11-8-12-13(15(21)20-16(22)19-12)14(18)10(11)7-6-9-4-2-1-3-5-9/h1-8H,(H2,19,20,21,22)/b7-6+. The van der Waals surface area contributed by atoms with Crippen molar-refractivity contribution < 1.29 is 4.39 Å². The van der Waals surface area contributed by atoms with E-state index < -0.39 is 17.1 Å². The molecule has 0 spiro atoms. The molecule has 6 heteroatoms. The quantitative estimate of drug-likeness (QED) is 0.688. The molecule has 0 aliphatic rings. The summed E-state index contributed by atoms with van der Waals surface area (Å²) >= 11 is 3.27. The van der Waals surface area contributed by atoms with Gasteiger partial charge in [0.1, 0.15) is 5.82 Å². The monoisotopic (exact) mass is 360 g/mol. The molecule has 0 amide bonds. The predicted octanol–water partition coefficient (Wildman–Crippen LogP) is 3.29. The van der Waals surface area contributed by atoms with Crippen LogP contribution in [0.25, 0.3) is 23.1 Å².